The normalized spacial score (nSPS) is 27.9. The molecule has 7 heteroatoms. The topological polar surface area (TPSA) is 80.5 Å². The molecule has 5 nitrogen and oxygen atoms in total. The molecule has 1 aliphatic heterocycles. The molecule has 2 atom stereocenters. The lowest BCUT2D eigenvalue weighted by Crippen LogP contribution is -2.49. The van der Waals surface area contributed by atoms with Gasteiger partial charge in [0.25, 0.3) is 0 Å². The molecule has 1 heterocycles. The molecule has 1 aliphatic rings. The van der Waals surface area contributed by atoms with Crippen molar-refractivity contribution in [3.05, 3.63) is 0 Å². The Morgan fingerprint density at radius 3 is 2.62 bits per heavy atom. The second-order valence-electron chi connectivity index (χ2n) is 4.10. The fraction of sp³-hybridized carbons (Fsp3) is 0.889. The SMILES string of the molecule is CC1CCC(C(N)=O)CN1S(=O)(=O)CCCl. The van der Waals surface area contributed by atoms with Crippen LogP contribution in [0.3, 0.4) is 0 Å². The second-order valence-corrected chi connectivity index (χ2v) is 6.52. The molecule has 1 rings (SSSR count). The first-order valence-electron chi connectivity index (χ1n) is 5.23. The van der Waals surface area contributed by atoms with Gasteiger partial charge in [-0.25, -0.2) is 8.42 Å². The maximum Gasteiger partial charge on any atom is 0.221 e. The Morgan fingerprint density at radius 1 is 1.50 bits per heavy atom. The summed E-state index contributed by atoms with van der Waals surface area (Å²) in [5, 5.41) is 0. The molecule has 0 aromatic heterocycles. The van der Waals surface area contributed by atoms with Crippen LogP contribution in [0.4, 0.5) is 0 Å². The minimum Gasteiger partial charge on any atom is -0.369 e. The van der Waals surface area contributed by atoms with Crippen LogP contribution in [0.5, 0.6) is 0 Å². The van der Waals surface area contributed by atoms with E-state index in [1.807, 2.05) is 6.92 Å². The molecule has 0 aromatic carbocycles. The van der Waals surface area contributed by atoms with Crippen molar-refractivity contribution < 1.29 is 13.2 Å². The Bertz CT molecular complexity index is 358. The molecule has 1 saturated heterocycles. The summed E-state index contributed by atoms with van der Waals surface area (Å²) in [4.78, 5) is 11.1. The molecule has 16 heavy (non-hydrogen) atoms. The molecule has 0 bridgehead atoms. The smallest absolute Gasteiger partial charge is 0.221 e. The second kappa shape index (κ2) is 5.33. The van der Waals surface area contributed by atoms with E-state index in [0.29, 0.717) is 12.8 Å². The lowest BCUT2D eigenvalue weighted by atomic mass is 9.95. The lowest BCUT2D eigenvalue weighted by Gasteiger charge is -2.35. The maximum absolute atomic E-state index is 11.9. The van der Waals surface area contributed by atoms with E-state index in [4.69, 9.17) is 17.3 Å². The predicted molar refractivity (Wildman–Crippen MR) is 62.6 cm³/mol. The average molecular weight is 269 g/mol. The van der Waals surface area contributed by atoms with Crippen LogP contribution in [-0.2, 0) is 14.8 Å². The minimum absolute atomic E-state index is 0.0623. The number of carbonyl (C=O) groups is 1. The summed E-state index contributed by atoms with van der Waals surface area (Å²) in [6.07, 6.45) is 1.32. The highest BCUT2D eigenvalue weighted by Gasteiger charge is 2.35. The van der Waals surface area contributed by atoms with Crippen molar-refractivity contribution in [1.82, 2.24) is 4.31 Å². The van der Waals surface area contributed by atoms with E-state index in [1.165, 1.54) is 4.31 Å². The Kier molecular flexibility index (Phi) is 4.58. The minimum atomic E-state index is -3.36. The summed E-state index contributed by atoms with van der Waals surface area (Å²) in [6.45, 7) is 2.03. The molecule has 0 radical (unpaired) electrons. The molecule has 1 fully saturated rings. The summed E-state index contributed by atoms with van der Waals surface area (Å²) in [5.41, 5.74) is 5.21. The summed E-state index contributed by atoms with van der Waals surface area (Å²) >= 11 is 5.45. The molecular weight excluding hydrogens is 252 g/mol. The van der Waals surface area contributed by atoms with Gasteiger partial charge in [0.2, 0.25) is 15.9 Å². The number of hydrogen-bond donors (Lipinski definition) is 1. The number of primary amides is 1. The third-order valence-electron chi connectivity index (χ3n) is 2.92. The van der Waals surface area contributed by atoms with E-state index in [2.05, 4.69) is 0 Å². The van der Waals surface area contributed by atoms with Gasteiger partial charge >= 0.3 is 0 Å². The van der Waals surface area contributed by atoms with E-state index in [0.717, 1.165) is 0 Å². The van der Waals surface area contributed by atoms with Gasteiger partial charge in [-0.15, -0.1) is 11.6 Å². The van der Waals surface area contributed by atoms with Gasteiger partial charge in [0.15, 0.2) is 0 Å². The number of hydrogen-bond acceptors (Lipinski definition) is 3. The van der Waals surface area contributed by atoms with E-state index >= 15 is 0 Å². The fourth-order valence-corrected chi connectivity index (χ4v) is 3.98. The first-order valence-corrected chi connectivity index (χ1v) is 7.37. The zero-order valence-corrected chi connectivity index (χ0v) is 10.8. The third-order valence-corrected chi connectivity index (χ3v) is 5.28. The number of carbonyl (C=O) groups excluding carboxylic acids is 1. The highest BCUT2D eigenvalue weighted by molar-refractivity contribution is 7.89. The Hall–Kier alpha value is -0.330. The number of nitrogens with two attached hydrogens (primary N) is 1. The van der Waals surface area contributed by atoms with E-state index < -0.39 is 15.9 Å². The standard InChI is InChI=1S/C9H17ClN2O3S/c1-7-2-3-8(9(11)13)6-12(7)16(14,15)5-4-10/h7-8H,2-6H2,1H3,(H2,11,13). The molecule has 0 spiro atoms. The van der Waals surface area contributed by atoms with Gasteiger partial charge in [-0.05, 0) is 19.8 Å². The molecule has 0 aliphatic carbocycles. The van der Waals surface area contributed by atoms with Gasteiger partial charge in [0.1, 0.15) is 0 Å². The van der Waals surface area contributed by atoms with Crippen LogP contribution in [0.15, 0.2) is 0 Å². The predicted octanol–water partition coefficient (Wildman–Crippen LogP) is 0.141. The van der Waals surface area contributed by atoms with Gasteiger partial charge in [-0.2, -0.15) is 4.31 Å². The lowest BCUT2D eigenvalue weighted by molar-refractivity contribution is -0.123. The van der Waals surface area contributed by atoms with Crippen LogP contribution in [0.1, 0.15) is 19.8 Å². The van der Waals surface area contributed by atoms with E-state index in [1.54, 1.807) is 0 Å². The average Bonchev–Trinajstić information content (AvgIpc) is 2.17. The van der Waals surface area contributed by atoms with Crippen molar-refractivity contribution in [1.29, 1.82) is 0 Å². The first kappa shape index (κ1) is 13.7. The van der Waals surface area contributed by atoms with Crippen LogP contribution < -0.4 is 5.73 Å². The summed E-state index contributed by atoms with van der Waals surface area (Å²) in [5.74, 6) is -0.837. The number of alkyl halides is 1. The highest BCUT2D eigenvalue weighted by atomic mass is 35.5. The highest BCUT2D eigenvalue weighted by Crippen LogP contribution is 2.24. The van der Waals surface area contributed by atoms with Gasteiger partial charge in [-0.1, -0.05) is 0 Å². The summed E-state index contributed by atoms with van der Waals surface area (Å²) in [7, 11) is -3.36. The van der Waals surface area contributed by atoms with Crippen molar-refractivity contribution in [3.8, 4) is 0 Å². The number of sulfonamides is 1. The van der Waals surface area contributed by atoms with Crippen LogP contribution in [0, 0.1) is 5.92 Å². The molecular formula is C9H17ClN2O3S. The van der Waals surface area contributed by atoms with Crippen LogP contribution in [0.25, 0.3) is 0 Å². The van der Waals surface area contributed by atoms with Crippen molar-refractivity contribution in [3.63, 3.8) is 0 Å². The van der Waals surface area contributed by atoms with Crippen LogP contribution >= 0.6 is 11.6 Å². The zero-order valence-electron chi connectivity index (χ0n) is 9.23. The van der Waals surface area contributed by atoms with Gasteiger partial charge < -0.3 is 5.73 Å². The Labute approximate surface area is 101 Å². The third kappa shape index (κ3) is 3.09. The van der Waals surface area contributed by atoms with E-state index in [-0.39, 0.29) is 30.1 Å². The number of piperidine rings is 1. The molecule has 2 unspecified atom stereocenters. The number of rotatable bonds is 4. The van der Waals surface area contributed by atoms with Gasteiger partial charge in [0.05, 0.1) is 11.7 Å². The van der Waals surface area contributed by atoms with E-state index in [9.17, 15) is 13.2 Å². The molecule has 2 N–H and O–H groups in total. The Balaban J connectivity index is 2.81. The fourth-order valence-electron chi connectivity index (χ4n) is 1.91. The molecule has 1 amide bonds. The van der Waals surface area contributed by atoms with Crippen molar-refractivity contribution in [2.75, 3.05) is 18.2 Å². The molecule has 0 saturated carbocycles. The summed E-state index contributed by atoms with van der Waals surface area (Å²) in [6, 6.07) is -0.0798. The summed E-state index contributed by atoms with van der Waals surface area (Å²) < 4.78 is 25.1. The number of amides is 1. The van der Waals surface area contributed by atoms with Crippen molar-refractivity contribution >= 4 is 27.5 Å². The number of nitrogens with zero attached hydrogens (tertiary/aromatic N) is 1. The first-order chi connectivity index (χ1) is 7.38. The van der Waals surface area contributed by atoms with Gasteiger partial charge in [0, 0.05) is 18.5 Å². The maximum atomic E-state index is 11.9. The van der Waals surface area contributed by atoms with Crippen molar-refractivity contribution in [2.45, 2.75) is 25.8 Å². The number of halogens is 1. The molecule has 0 aromatic rings. The van der Waals surface area contributed by atoms with Gasteiger partial charge in [-0.3, -0.25) is 4.79 Å². The van der Waals surface area contributed by atoms with Crippen LogP contribution in [-0.4, -0.2) is 42.8 Å². The van der Waals surface area contributed by atoms with Crippen LogP contribution in [0.2, 0.25) is 0 Å². The van der Waals surface area contributed by atoms with Crippen molar-refractivity contribution in [2.24, 2.45) is 11.7 Å². The molecule has 94 valence electrons. The quantitative estimate of drug-likeness (QED) is 0.737. The largest absolute Gasteiger partial charge is 0.369 e. The zero-order chi connectivity index (χ0) is 12.3. The Morgan fingerprint density at radius 2 is 2.12 bits per heavy atom. The monoisotopic (exact) mass is 268 g/mol.